The Labute approximate surface area is 261 Å². The van der Waals surface area contributed by atoms with E-state index in [0.29, 0.717) is 0 Å². The monoisotopic (exact) mass is 593 g/mol. The van der Waals surface area contributed by atoms with Crippen molar-refractivity contribution >= 4 is 75.5 Å². The molecule has 0 N–H and O–H groups in total. The number of aromatic nitrogens is 1. The number of furan rings is 2. The molecule has 0 saturated heterocycles. The van der Waals surface area contributed by atoms with Crippen molar-refractivity contribution in [3.8, 4) is 33.4 Å². The van der Waals surface area contributed by atoms with Crippen molar-refractivity contribution in [1.82, 2.24) is 4.98 Å². The van der Waals surface area contributed by atoms with E-state index in [0.717, 1.165) is 49.6 Å². The summed E-state index contributed by atoms with van der Waals surface area (Å²) >= 11 is 1.85. The Morgan fingerprint density at radius 2 is 0.911 bits per heavy atom. The predicted molar refractivity (Wildman–Crippen MR) is 188 cm³/mol. The van der Waals surface area contributed by atoms with Crippen molar-refractivity contribution in [2.24, 2.45) is 0 Å². The van der Waals surface area contributed by atoms with Gasteiger partial charge in [-0.05, 0) is 106 Å². The SMILES string of the molecule is c1cc(-c2ccc3sc4ccc(-c5ccc6oc7ccccc7c6c5)cc4c3c2)cc(-c2ccc3oc4cccnc4c3c2)c1. The van der Waals surface area contributed by atoms with Crippen LogP contribution in [-0.2, 0) is 0 Å². The Morgan fingerprint density at radius 1 is 0.378 bits per heavy atom. The quantitative estimate of drug-likeness (QED) is 0.205. The summed E-state index contributed by atoms with van der Waals surface area (Å²) in [5.74, 6) is 0. The molecule has 0 fully saturated rings. The highest BCUT2D eigenvalue weighted by atomic mass is 32.1. The van der Waals surface area contributed by atoms with E-state index in [-0.39, 0.29) is 0 Å². The lowest BCUT2D eigenvalue weighted by molar-refractivity contribution is 0.668. The van der Waals surface area contributed by atoms with E-state index in [1.54, 1.807) is 0 Å². The van der Waals surface area contributed by atoms with Gasteiger partial charge in [0, 0.05) is 42.5 Å². The smallest absolute Gasteiger partial charge is 0.153 e. The lowest BCUT2D eigenvalue weighted by atomic mass is 9.96. The van der Waals surface area contributed by atoms with Gasteiger partial charge in [-0.25, -0.2) is 0 Å². The molecule has 0 bridgehead atoms. The van der Waals surface area contributed by atoms with Gasteiger partial charge in [-0.1, -0.05) is 60.7 Å². The van der Waals surface area contributed by atoms with Gasteiger partial charge in [0.1, 0.15) is 22.3 Å². The summed E-state index contributed by atoms with van der Waals surface area (Å²) in [6, 6.07) is 47.5. The van der Waals surface area contributed by atoms with E-state index in [9.17, 15) is 0 Å². The Morgan fingerprint density at radius 3 is 1.64 bits per heavy atom. The topological polar surface area (TPSA) is 39.2 Å². The fraction of sp³-hybridized carbons (Fsp3) is 0. The Hall–Kier alpha value is -5.71. The highest BCUT2D eigenvalue weighted by molar-refractivity contribution is 7.25. The lowest BCUT2D eigenvalue weighted by Gasteiger charge is -2.07. The molecule has 210 valence electrons. The number of benzene rings is 6. The molecule has 6 aromatic carbocycles. The first-order chi connectivity index (χ1) is 22.2. The number of nitrogens with zero attached hydrogens (tertiary/aromatic N) is 1. The van der Waals surface area contributed by atoms with E-state index < -0.39 is 0 Å². The molecule has 0 aliphatic carbocycles. The Balaban J connectivity index is 1.07. The third kappa shape index (κ3) is 3.86. The largest absolute Gasteiger partial charge is 0.456 e. The summed E-state index contributed by atoms with van der Waals surface area (Å²) < 4.78 is 14.7. The molecule has 0 aliphatic heterocycles. The summed E-state index contributed by atoms with van der Waals surface area (Å²) in [5.41, 5.74) is 11.5. The summed E-state index contributed by atoms with van der Waals surface area (Å²) in [4.78, 5) is 4.57. The average Bonchev–Trinajstić information content (AvgIpc) is 3.78. The van der Waals surface area contributed by atoms with E-state index >= 15 is 0 Å². The van der Waals surface area contributed by atoms with Gasteiger partial charge >= 0.3 is 0 Å². The highest BCUT2D eigenvalue weighted by Crippen LogP contribution is 2.40. The molecule has 0 atom stereocenters. The fourth-order valence-corrected chi connectivity index (χ4v) is 7.76. The average molecular weight is 594 g/mol. The maximum atomic E-state index is 6.08. The third-order valence-electron chi connectivity index (χ3n) is 8.93. The Bertz CT molecular complexity index is 2780. The summed E-state index contributed by atoms with van der Waals surface area (Å²) in [5, 5.41) is 5.91. The van der Waals surface area contributed by atoms with Gasteiger partial charge in [0.15, 0.2) is 5.58 Å². The molecule has 0 unspecified atom stereocenters. The second kappa shape index (κ2) is 9.39. The second-order valence-electron chi connectivity index (χ2n) is 11.6. The molecule has 0 saturated carbocycles. The van der Waals surface area contributed by atoms with E-state index in [1.165, 1.54) is 48.0 Å². The molecule has 4 aromatic heterocycles. The molecule has 4 heterocycles. The van der Waals surface area contributed by atoms with Crippen LogP contribution in [0.4, 0.5) is 0 Å². The normalized spacial score (nSPS) is 12.0. The number of hydrogen-bond donors (Lipinski definition) is 0. The van der Waals surface area contributed by atoms with Gasteiger partial charge in [0.2, 0.25) is 0 Å². The minimum atomic E-state index is 0.813. The third-order valence-corrected chi connectivity index (χ3v) is 10.1. The minimum absolute atomic E-state index is 0.813. The van der Waals surface area contributed by atoms with Crippen LogP contribution in [0.25, 0.3) is 97.6 Å². The first kappa shape index (κ1) is 24.7. The van der Waals surface area contributed by atoms with Crippen molar-refractivity contribution in [2.75, 3.05) is 0 Å². The molecule has 0 radical (unpaired) electrons. The minimum Gasteiger partial charge on any atom is -0.456 e. The van der Waals surface area contributed by atoms with Crippen molar-refractivity contribution in [2.45, 2.75) is 0 Å². The first-order valence-corrected chi connectivity index (χ1v) is 15.8. The molecule has 0 spiro atoms. The molecular formula is C41H23NO2S. The zero-order chi connectivity index (χ0) is 29.5. The van der Waals surface area contributed by atoms with Gasteiger partial charge in [-0.3, -0.25) is 4.98 Å². The molecule has 0 amide bonds. The molecule has 0 aliphatic rings. The number of rotatable bonds is 3. The van der Waals surface area contributed by atoms with Crippen LogP contribution < -0.4 is 0 Å². The van der Waals surface area contributed by atoms with Crippen LogP contribution in [-0.4, -0.2) is 4.98 Å². The van der Waals surface area contributed by atoms with Crippen LogP contribution in [0.1, 0.15) is 0 Å². The molecule has 4 heteroatoms. The van der Waals surface area contributed by atoms with Crippen LogP contribution in [0.2, 0.25) is 0 Å². The molecule has 10 aromatic rings. The number of pyridine rings is 1. The molecule has 45 heavy (non-hydrogen) atoms. The maximum Gasteiger partial charge on any atom is 0.153 e. The maximum absolute atomic E-state index is 6.08. The van der Waals surface area contributed by atoms with E-state index in [2.05, 4.69) is 108 Å². The van der Waals surface area contributed by atoms with Crippen LogP contribution in [0.3, 0.4) is 0 Å². The van der Waals surface area contributed by atoms with Gasteiger partial charge in [0.05, 0.1) is 0 Å². The summed E-state index contributed by atoms with van der Waals surface area (Å²) in [6.45, 7) is 0. The van der Waals surface area contributed by atoms with Crippen LogP contribution >= 0.6 is 11.3 Å². The van der Waals surface area contributed by atoms with Gasteiger partial charge in [0.25, 0.3) is 0 Å². The van der Waals surface area contributed by atoms with E-state index in [4.69, 9.17) is 8.83 Å². The molecular weight excluding hydrogens is 571 g/mol. The number of thiophene rings is 1. The zero-order valence-electron chi connectivity index (χ0n) is 24.0. The zero-order valence-corrected chi connectivity index (χ0v) is 24.8. The van der Waals surface area contributed by atoms with Crippen LogP contribution in [0.15, 0.2) is 148 Å². The predicted octanol–water partition coefficient (Wildman–Crippen LogP) is 12.2. The Kier molecular flexibility index (Phi) is 5.16. The molecule has 3 nitrogen and oxygen atoms in total. The van der Waals surface area contributed by atoms with Crippen molar-refractivity contribution in [1.29, 1.82) is 0 Å². The van der Waals surface area contributed by atoms with Gasteiger partial charge in [-0.2, -0.15) is 0 Å². The second-order valence-corrected chi connectivity index (χ2v) is 12.7. The number of para-hydroxylation sites is 1. The lowest BCUT2D eigenvalue weighted by Crippen LogP contribution is -1.82. The van der Waals surface area contributed by atoms with Crippen molar-refractivity contribution in [3.63, 3.8) is 0 Å². The molecule has 10 rings (SSSR count). The van der Waals surface area contributed by atoms with Gasteiger partial charge < -0.3 is 8.83 Å². The van der Waals surface area contributed by atoms with Gasteiger partial charge in [-0.15, -0.1) is 11.3 Å². The van der Waals surface area contributed by atoms with Crippen molar-refractivity contribution < 1.29 is 8.83 Å². The highest BCUT2D eigenvalue weighted by Gasteiger charge is 2.13. The van der Waals surface area contributed by atoms with Crippen LogP contribution in [0.5, 0.6) is 0 Å². The fourth-order valence-electron chi connectivity index (χ4n) is 6.70. The standard InChI is InChI=1S/C41H23NO2S/c1-2-8-35-30(7-1)31-20-26(10-14-36(31)43-35)29-13-17-40-33(22-29)32-21-28(12-16-39(32)45-40)25-6-3-5-24(19-25)27-11-15-37-34(23-27)41-38(44-37)9-4-18-42-41/h1-23H. The van der Waals surface area contributed by atoms with E-state index in [1.807, 2.05) is 47.9 Å². The summed E-state index contributed by atoms with van der Waals surface area (Å²) in [6.07, 6.45) is 1.82. The summed E-state index contributed by atoms with van der Waals surface area (Å²) in [7, 11) is 0. The number of hydrogen-bond acceptors (Lipinski definition) is 4. The first-order valence-electron chi connectivity index (χ1n) is 15.0. The van der Waals surface area contributed by atoms with Crippen molar-refractivity contribution in [3.05, 3.63) is 140 Å². The van der Waals surface area contributed by atoms with Crippen LogP contribution in [0, 0.1) is 0 Å². The number of fused-ring (bicyclic) bond motifs is 9.